The van der Waals surface area contributed by atoms with Crippen LogP contribution in [0, 0.1) is 0 Å². The Hall–Kier alpha value is -1.57. The molecule has 0 saturated carbocycles. The molecule has 1 N–H and O–H groups in total. The van der Waals surface area contributed by atoms with Crippen molar-refractivity contribution in [2.45, 2.75) is 6.42 Å². The number of rotatable bonds is 5. The second kappa shape index (κ2) is 6.51. The molecular formula is C16H18BrN3O2S. The van der Waals surface area contributed by atoms with E-state index in [4.69, 9.17) is 0 Å². The van der Waals surface area contributed by atoms with E-state index in [1.807, 2.05) is 43.4 Å². The van der Waals surface area contributed by atoms with Crippen molar-refractivity contribution in [1.82, 2.24) is 5.32 Å². The van der Waals surface area contributed by atoms with Crippen LogP contribution in [0.1, 0.15) is 6.42 Å². The lowest BCUT2D eigenvalue weighted by atomic mass is 10.2. The fourth-order valence-corrected chi connectivity index (χ4v) is 4.78. The SMILES string of the molecule is CNCCCN1c2cc(Br)ccc2N(c2ccccc2)S1(=O)=O. The molecule has 0 unspecified atom stereocenters. The first-order valence-corrected chi connectivity index (χ1v) is 9.57. The van der Waals surface area contributed by atoms with E-state index < -0.39 is 10.2 Å². The van der Waals surface area contributed by atoms with Crippen molar-refractivity contribution in [2.75, 3.05) is 28.7 Å². The van der Waals surface area contributed by atoms with Crippen molar-refractivity contribution in [3.63, 3.8) is 0 Å². The Morgan fingerprint density at radius 3 is 2.52 bits per heavy atom. The van der Waals surface area contributed by atoms with Gasteiger partial charge in [0.25, 0.3) is 0 Å². The summed E-state index contributed by atoms with van der Waals surface area (Å²) in [6.07, 6.45) is 0.740. The lowest BCUT2D eigenvalue weighted by molar-refractivity contribution is 0.591. The van der Waals surface area contributed by atoms with E-state index in [1.54, 1.807) is 12.1 Å². The van der Waals surface area contributed by atoms with Gasteiger partial charge in [0.2, 0.25) is 0 Å². The molecule has 23 heavy (non-hydrogen) atoms. The number of nitrogens with zero attached hydrogens (tertiary/aromatic N) is 2. The molecule has 1 aliphatic rings. The van der Waals surface area contributed by atoms with Crippen LogP contribution >= 0.6 is 15.9 Å². The van der Waals surface area contributed by atoms with Gasteiger partial charge < -0.3 is 5.32 Å². The third-order valence-electron chi connectivity index (χ3n) is 3.71. The van der Waals surface area contributed by atoms with E-state index in [-0.39, 0.29) is 0 Å². The Morgan fingerprint density at radius 1 is 1.09 bits per heavy atom. The summed E-state index contributed by atoms with van der Waals surface area (Å²) >= 11 is 3.44. The largest absolute Gasteiger partial charge is 0.330 e. The monoisotopic (exact) mass is 395 g/mol. The molecule has 0 aromatic heterocycles. The minimum atomic E-state index is -3.62. The number of nitrogens with one attached hydrogen (secondary N) is 1. The number of para-hydroxylation sites is 1. The molecule has 1 aliphatic heterocycles. The molecule has 2 aromatic rings. The van der Waals surface area contributed by atoms with E-state index in [9.17, 15) is 8.42 Å². The van der Waals surface area contributed by atoms with Gasteiger partial charge >= 0.3 is 10.2 Å². The predicted molar refractivity (Wildman–Crippen MR) is 97.5 cm³/mol. The highest BCUT2D eigenvalue weighted by molar-refractivity contribution is 9.10. The van der Waals surface area contributed by atoms with Crippen molar-refractivity contribution in [2.24, 2.45) is 0 Å². The van der Waals surface area contributed by atoms with E-state index in [0.29, 0.717) is 23.6 Å². The quantitative estimate of drug-likeness (QED) is 0.790. The topological polar surface area (TPSA) is 52.6 Å². The molecule has 122 valence electrons. The average molecular weight is 396 g/mol. The van der Waals surface area contributed by atoms with Crippen LogP contribution in [0.15, 0.2) is 53.0 Å². The summed E-state index contributed by atoms with van der Waals surface area (Å²) in [7, 11) is -1.76. The molecule has 3 rings (SSSR count). The van der Waals surface area contributed by atoms with E-state index in [0.717, 1.165) is 17.4 Å². The summed E-state index contributed by atoms with van der Waals surface area (Å²) in [4.78, 5) is 0. The first-order valence-electron chi connectivity index (χ1n) is 7.38. The van der Waals surface area contributed by atoms with Crippen LogP contribution in [0.3, 0.4) is 0 Å². The Bertz CT molecular complexity index is 796. The van der Waals surface area contributed by atoms with Crippen LogP contribution in [0.25, 0.3) is 0 Å². The molecule has 0 bridgehead atoms. The molecule has 2 aromatic carbocycles. The van der Waals surface area contributed by atoms with Gasteiger partial charge in [-0.3, -0.25) is 4.31 Å². The third-order valence-corrected chi connectivity index (χ3v) is 6.01. The summed E-state index contributed by atoms with van der Waals surface area (Å²) < 4.78 is 29.9. The summed E-state index contributed by atoms with van der Waals surface area (Å²) in [6.45, 7) is 1.21. The molecule has 0 fully saturated rings. The van der Waals surface area contributed by atoms with Crippen molar-refractivity contribution >= 4 is 43.2 Å². The van der Waals surface area contributed by atoms with Gasteiger partial charge in [0.05, 0.1) is 17.1 Å². The van der Waals surface area contributed by atoms with Gasteiger partial charge in [0, 0.05) is 11.0 Å². The Balaban J connectivity index is 2.09. The Morgan fingerprint density at radius 2 is 1.83 bits per heavy atom. The molecule has 7 heteroatoms. The van der Waals surface area contributed by atoms with Gasteiger partial charge in [-0.15, -0.1) is 0 Å². The van der Waals surface area contributed by atoms with Gasteiger partial charge in [-0.05, 0) is 50.3 Å². The lowest BCUT2D eigenvalue weighted by Crippen LogP contribution is -2.36. The predicted octanol–water partition coefficient (Wildman–Crippen LogP) is 3.26. The van der Waals surface area contributed by atoms with Crippen LogP contribution in [0.5, 0.6) is 0 Å². The zero-order valence-electron chi connectivity index (χ0n) is 12.7. The first-order chi connectivity index (χ1) is 11.1. The summed E-state index contributed by atoms with van der Waals surface area (Å²) in [5, 5.41) is 3.05. The fraction of sp³-hybridized carbons (Fsp3) is 0.250. The van der Waals surface area contributed by atoms with Gasteiger partial charge in [0.15, 0.2) is 0 Å². The molecule has 0 atom stereocenters. The zero-order valence-corrected chi connectivity index (χ0v) is 15.1. The standard InChI is InChI=1S/C16H18BrN3O2S/c1-18-10-5-11-19-16-12-13(17)8-9-15(16)20(23(19,21)22)14-6-3-2-4-7-14/h2-4,6-9,12,18H,5,10-11H2,1H3. The number of anilines is 3. The summed E-state index contributed by atoms with van der Waals surface area (Å²) in [5.74, 6) is 0. The zero-order chi connectivity index (χ0) is 16.4. The summed E-state index contributed by atoms with van der Waals surface area (Å²) in [6, 6.07) is 14.7. The number of halogens is 1. The van der Waals surface area contributed by atoms with Crippen molar-refractivity contribution in [3.05, 3.63) is 53.0 Å². The minimum Gasteiger partial charge on any atom is -0.320 e. The number of hydrogen-bond donors (Lipinski definition) is 1. The van der Waals surface area contributed by atoms with Crippen LogP contribution in [-0.4, -0.2) is 28.6 Å². The maximum absolute atomic E-state index is 13.1. The van der Waals surface area contributed by atoms with Crippen molar-refractivity contribution in [3.8, 4) is 0 Å². The molecular weight excluding hydrogens is 378 g/mol. The van der Waals surface area contributed by atoms with E-state index in [1.165, 1.54) is 8.61 Å². The van der Waals surface area contributed by atoms with Crippen molar-refractivity contribution < 1.29 is 8.42 Å². The number of benzene rings is 2. The molecule has 1 heterocycles. The van der Waals surface area contributed by atoms with Gasteiger partial charge in [-0.2, -0.15) is 8.42 Å². The Labute approximate surface area is 145 Å². The first kappa shape index (κ1) is 16.3. The van der Waals surface area contributed by atoms with Crippen LogP contribution in [0.2, 0.25) is 0 Å². The summed E-state index contributed by atoms with van der Waals surface area (Å²) in [5.41, 5.74) is 2.04. The molecule has 5 nitrogen and oxygen atoms in total. The Kier molecular flexibility index (Phi) is 4.61. The van der Waals surface area contributed by atoms with Crippen LogP contribution < -0.4 is 13.9 Å². The van der Waals surface area contributed by atoms with E-state index in [2.05, 4.69) is 21.2 Å². The van der Waals surface area contributed by atoms with Crippen LogP contribution in [0.4, 0.5) is 17.1 Å². The molecule has 0 radical (unpaired) electrons. The van der Waals surface area contributed by atoms with E-state index >= 15 is 0 Å². The second-order valence-corrected chi connectivity index (χ2v) is 7.89. The number of fused-ring (bicyclic) bond motifs is 1. The minimum absolute atomic E-state index is 0.440. The highest BCUT2D eigenvalue weighted by atomic mass is 79.9. The molecule has 0 aliphatic carbocycles. The molecule has 0 amide bonds. The van der Waals surface area contributed by atoms with Crippen LogP contribution in [-0.2, 0) is 10.2 Å². The van der Waals surface area contributed by atoms with Gasteiger partial charge in [-0.25, -0.2) is 4.31 Å². The smallest absolute Gasteiger partial charge is 0.320 e. The number of hydrogen-bond acceptors (Lipinski definition) is 3. The highest BCUT2D eigenvalue weighted by Gasteiger charge is 2.40. The third kappa shape index (κ3) is 2.96. The van der Waals surface area contributed by atoms with Gasteiger partial charge in [-0.1, -0.05) is 34.1 Å². The van der Waals surface area contributed by atoms with Gasteiger partial charge in [0.1, 0.15) is 0 Å². The average Bonchev–Trinajstić information content (AvgIpc) is 2.75. The van der Waals surface area contributed by atoms with Crippen molar-refractivity contribution in [1.29, 1.82) is 0 Å². The second-order valence-electron chi connectivity index (χ2n) is 5.27. The maximum atomic E-state index is 13.1. The lowest BCUT2D eigenvalue weighted by Gasteiger charge is -2.21. The molecule has 0 spiro atoms. The maximum Gasteiger partial charge on any atom is 0.330 e. The normalized spacial score (nSPS) is 15.7. The fourth-order valence-electron chi connectivity index (χ4n) is 2.69. The highest BCUT2D eigenvalue weighted by Crippen LogP contribution is 2.46. The molecule has 0 saturated heterocycles.